The lowest BCUT2D eigenvalue weighted by atomic mass is 9.97. The molecule has 2 unspecified atom stereocenters. The molecule has 2 atom stereocenters. The Morgan fingerprint density at radius 2 is 2.26 bits per heavy atom. The Morgan fingerprint density at radius 3 is 3.00 bits per heavy atom. The number of rotatable bonds is 5. The van der Waals surface area contributed by atoms with Gasteiger partial charge in [0.05, 0.1) is 12.2 Å². The molecule has 1 aliphatic heterocycles. The zero-order chi connectivity index (χ0) is 13.7. The standard InChI is InChI=1S/C16H23FO2/c1-12-5-6-14(17)10-13(12)11-15(18)7-8-16-4-2-3-9-19-16/h5-6,10,15-16,18H,2-4,7-9,11H2,1H3. The molecule has 0 aromatic heterocycles. The van der Waals surface area contributed by atoms with Crippen molar-refractivity contribution in [2.45, 2.75) is 57.7 Å². The van der Waals surface area contributed by atoms with Gasteiger partial charge in [0.25, 0.3) is 0 Å². The number of ether oxygens (including phenoxy) is 1. The average Bonchev–Trinajstić information content (AvgIpc) is 2.42. The smallest absolute Gasteiger partial charge is 0.123 e. The number of benzene rings is 1. The van der Waals surface area contributed by atoms with E-state index >= 15 is 0 Å². The lowest BCUT2D eigenvalue weighted by Crippen LogP contribution is -2.22. The highest BCUT2D eigenvalue weighted by Gasteiger charge is 2.16. The topological polar surface area (TPSA) is 29.5 Å². The van der Waals surface area contributed by atoms with Crippen LogP contribution < -0.4 is 0 Å². The van der Waals surface area contributed by atoms with Crippen LogP contribution in [-0.4, -0.2) is 23.9 Å². The zero-order valence-corrected chi connectivity index (χ0v) is 11.6. The number of aliphatic hydroxyl groups excluding tert-OH is 1. The molecule has 0 bridgehead atoms. The number of halogens is 1. The Balaban J connectivity index is 1.80. The fourth-order valence-electron chi connectivity index (χ4n) is 2.63. The van der Waals surface area contributed by atoms with Gasteiger partial charge in [0, 0.05) is 6.61 Å². The third-order valence-corrected chi connectivity index (χ3v) is 3.86. The first-order valence-corrected chi connectivity index (χ1v) is 7.20. The summed E-state index contributed by atoms with van der Waals surface area (Å²) >= 11 is 0. The highest BCUT2D eigenvalue weighted by Crippen LogP contribution is 2.20. The molecule has 1 aromatic carbocycles. The van der Waals surface area contributed by atoms with E-state index in [1.807, 2.05) is 6.92 Å². The quantitative estimate of drug-likeness (QED) is 0.885. The first-order valence-electron chi connectivity index (χ1n) is 7.20. The van der Waals surface area contributed by atoms with Gasteiger partial charge in [0.2, 0.25) is 0 Å². The Bertz CT molecular complexity index is 400. The summed E-state index contributed by atoms with van der Waals surface area (Å²) in [6, 6.07) is 4.75. The minimum Gasteiger partial charge on any atom is -0.393 e. The molecular formula is C16H23FO2. The van der Waals surface area contributed by atoms with Crippen LogP contribution in [0.2, 0.25) is 0 Å². The first kappa shape index (κ1) is 14.5. The van der Waals surface area contributed by atoms with Crippen molar-refractivity contribution in [2.75, 3.05) is 6.61 Å². The van der Waals surface area contributed by atoms with Crippen molar-refractivity contribution >= 4 is 0 Å². The predicted molar refractivity (Wildman–Crippen MR) is 73.7 cm³/mol. The van der Waals surface area contributed by atoms with Crippen LogP contribution >= 0.6 is 0 Å². The molecule has 2 rings (SSSR count). The van der Waals surface area contributed by atoms with Gasteiger partial charge in [0.15, 0.2) is 0 Å². The molecular weight excluding hydrogens is 243 g/mol. The predicted octanol–water partition coefficient (Wildman–Crippen LogP) is 3.39. The molecule has 0 aliphatic carbocycles. The molecule has 1 fully saturated rings. The maximum Gasteiger partial charge on any atom is 0.123 e. The summed E-state index contributed by atoms with van der Waals surface area (Å²) < 4.78 is 18.8. The largest absolute Gasteiger partial charge is 0.393 e. The van der Waals surface area contributed by atoms with Crippen molar-refractivity contribution in [1.29, 1.82) is 0 Å². The van der Waals surface area contributed by atoms with Crippen LogP contribution in [0.15, 0.2) is 18.2 Å². The van der Waals surface area contributed by atoms with Gasteiger partial charge in [-0.15, -0.1) is 0 Å². The average molecular weight is 266 g/mol. The Hall–Kier alpha value is -0.930. The van der Waals surface area contributed by atoms with E-state index < -0.39 is 6.10 Å². The van der Waals surface area contributed by atoms with E-state index in [1.165, 1.54) is 18.6 Å². The van der Waals surface area contributed by atoms with E-state index in [9.17, 15) is 9.50 Å². The molecule has 1 aliphatic rings. The van der Waals surface area contributed by atoms with Gasteiger partial charge in [-0.25, -0.2) is 4.39 Å². The summed E-state index contributed by atoms with van der Waals surface area (Å²) in [4.78, 5) is 0. The lowest BCUT2D eigenvalue weighted by Gasteiger charge is -2.23. The fourth-order valence-corrected chi connectivity index (χ4v) is 2.63. The molecule has 1 aromatic rings. The van der Waals surface area contributed by atoms with Crippen molar-refractivity contribution in [3.63, 3.8) is 0 Å². The third-order valence-electron chi connectivity index (χ3n) is 3.86. The second-order valence-electron chi connectivity index (χ2n) is 5.49. The van der Waals surface area contributed by atoms with Crippen LogP contribution in [0, 0.1) is 12.7 Å². The van der Waals surface area contributed by atoms with Gasteiger partial charge in [-0.3, -0.25) is 0 Å². The number of hydrogen-bond acceptors (Lipinski definition) is 2. The molecule has 1 heterocycles. The van der Waals surface area contributed by atoms with E-state index in [0.717, 1.165) is 43.4 Å². The van der Waals surface area contributed by atoms with Crippen molar-refractivity contribution in [3.05, 3.63) is 35.1 Å². The van der Waals surface area contributed by atoms with E-state index in [1.54, 1.807) is 6.07 Å². The van der Waals surface area contributed by atoms with Crippen LogP contribution in [0.1, 0.15) is 43.2 Å². The second-order valence-corrected chi connectivity index (χ2v) is 5.49. The first-order chi connectivity index (χ1) is 9.15. The molecule has 0 amide bonds. The fraction of sp³-hybridized carbons (Fsp3) is 0.625. The van der Waals surface area contributed by atoms with Crippen molar-refractivity contribution in [1.82, 2.24) is 0 Å². The van der Waals surface area contributed by atoms with Crippen LogP contribution in [0.25, 0.3) is 0 Å². The Morgan fingerprint density at radius 1 is 1.42 bits per heavy atom. The minimum absolute atomic E-state index is 0.233. The van der Waals surface area contributed by atoms with Gasteiger partial charge >= 0.3 is 0 Å². The van der Waals surface area contributed by atoms with Crippen molar-refractivity contribution in [3.8, 4) is 0 Å². The summed E-state index contributed by atoms with van der Waals surface area (Å²) in [6.45, 7) is 2.80. The van der Waals surface area contributed by atoms with E-state index in [2.05, 4.69) is 0 Å². The van der Waals surface area contributed by atoms with Gasteiger partial charge in [-0.05, 0) is 68.7 Å². The molecule has 3 heteroatoms. The number of hydrogen-bond donors (Lipinski definition) is 1. The monoisotopic (exact) mass is 266 g/mol. The third kappa shape index (κ3) is 4.59. The molecule has 0 spiro atoms. The van der Waals surface area contributed by atoms with Crippen LogP contribution in [0.3, 0.4) is 0 Å². The molecule has 1 saturated heterocycles. The molecule has 0 radical (unpaired) electrons. The highest BCUT2D eigenvalue weighted by atomic mass is 19.1. The van der Waals surface area contributed by atoms with E-state index in [0.29, 0.717) is 12.5 Å². The summed E-state index contributed by atoms with van der Waals surface area (Å²) in [5, 5.41) is 10.1. The number of aliphatic hydroxyl groups is 1. The summed E-state index contributed by atoms with van der Waals surface area (Å²) in [5.74, 6) is -0.233. The van der Waals surface area contributed by atoms with Crippen molar-refractivity contribution < 1.29 is 14.2 Å². The Kier molecular flexibility index (Phi) is 5.34. The normalized spacial score (nSPS) is 21.3. The van der Waals surface area contributed by atoms with Gasteiger partial charge in [-0.1, -0.05) is 6.07 Å². The van der Waals surface area contributed by atoms with Gasteiger partial charge in [0.1, 0.15) is 5.82 Å². The SMILES string of the molecule is Cc1ccc(F)cc1CC(O)CCC1CCCCO1. The second kappa shape index (κ2) is 7.01. The molecule has 106 valence electrons. The van der Waals surface area contributed by atoms with E-state index in [4.69, 9.17) is 4.74 Å². The van der Waals surface area contributed by atoms with Crippen molar-refractivity contribution in [2.24, 2.45) is 0 Å². The molecule has 1 N–H and O–H groups in total. The van der Waals surface area contributed by atoms with Crippen LogP contribution in [-0.2, 0) is 11.2 Å². The maximum absolute atomic E-state index is 13.2. The maximum atomic E-state index is 13.2. The molecule has 19 heavy (non-hydrogen) atoms. The number of aryl methyl sites for hydroxylation is 1. The van der Waals surface area contributed by atoms with E-state index in [-0.39, 0.29) is 5.82 Å². The minimum atomic E-state index is -0.411. The van der Waals surface area contributed by atoms with Gasteiger partial charge in [-0.2, -0.15) is 0 Å². The molecule has 0 saturated carbocycles. The summed E-state index contributed by atoms with van der Waals surface area (Å²) in [7, 11) is 0. The molecule has 2 nitrogen and oxygen atoms in total. The Labute approximate surface area is 114 Å². The lowest BCUT2D eigenvalue weighted by molar-refractivity contribution is 0.00233. The van der Waals surface area contributed by atoms with Gasteiger partial charge < -0.3 is 9.84 Å². The van der Waals surface area contributed by atoms with Crippen LogP contribution in [0.5, 0.6) is 0 Å². The summed E-state index contributed by atoms with van der Waals surface area (Å²) in [5.41, 5.74) is 1.94. The highest BCUT2D eigenvalue weighted by molar-refractivity contribution is 5.27. The zero-order valence-electron chi connectivity index (χ0n) is 11.6. The van der Waals surface area contributed by atoms with Crippen LogP contribution in [0.4, 0.5) is 4.39 Å². The summed E-state index contributed by atoms with van der Waals surface area (Å²) in [6.07, 6.45) is 5.52.